The molecule has 0 aliphatic carbocycles. The average Bonchev–Trinajstić information content (AvgIpc) is 2.17. The number of carbonyl (C=O) groups is 1. The molecule has 0 aliphatic rings. The average molecular weight is 272 g/mol. The van der Waals surface area contributed by atoms with Gasteiger partial charge in [0.15, 0.2) is 0 Å². The number of nitrogens with two attached hydrogens (primary N) is 1. The lowest BCUT2D eigenvalue weighted by Gasteiger charge is -2.19. The fourth-order valence-electron chi connectivity index (χ4n) is 1.32. The first-order chi connectivity index (χ1) is 7.00. The normalized spacial score (nSPS) is 14.3. The molecule has 2 unspecified atom stereocenters. The number of hydrogen-bond donors (Lipinski definition) is 1. The van der Waals surface area contributed by atoms with Crippen LogP contribution >= 0.6 is 15.9 Å². The van der Waals surface area contributed by atoms with Crippen LogP contribution in [-0.2, 0) is 4.74 Å². The van der Waals surface area contributed by atoms with Gasteiger partial charge >= 0.3 is 6.09 Å². The van der Waals surface area contributed by atoms with Gasteiger partial charge in [0, 0.05) is 10.4 Å². The van der Waals surface area contributed by atoms with Crippen LogP contribution in [0.2, 0.25) is 0 Å². The van der Waals surface area contributed by atoms with Crippen LogP contribution in [0.3, 0.4) is 0 Å². The molecule has 0 fully saturated rings. The molecule has 0 aromatic heterocycles. The van der Waals surface area contributed by atoms with Crippen molar-refractivity contribution in [2.45, 2.75) is 25.9 Å². The summed E-state index contributed by atoms with van der Waals surface area (Å²) < 4.78 is 5.95. The lowest BCUT2D eigenvalue weighted by Crippen LogP contribution is -2.24. The van der Waals surface area contributed by atoms with Crippen molar-refractivity contribution in [3.63, 3.8) is 0 Å². The minimum atomic E-state index is -0.730. The SMILES string of the molecule is CC(OC(N)=O)C(C)c1ccc(Br)cc1. The Kier molecular flexibility index (Phi) is 4.15. The van der Waals surface area contributed by atoms with Gasteiger partial charge in [-0.2, -0.15) is 0 Å². The zero-order valence-corrected chi connectivity index (χ0v) is 10.3. The quantitative estimate of drug-likeness (QED) is 0.919. The summed E-state index contributed by atoms with van der Waals surface area (Å²) in [6.07, 6.45) is -0.949. The maximum absolute atomic E-state index is 10.6. The minimum Gasteiger partial charge on any atom is -0.446 e. The van der Waals surface area contributed by atoms with Gasteiger partial charge < -0.3 is 10.5 Å². The van der Waals surface area contributed by atoms with Crippen molar-refractivity contribution in [1.82, 2.24) is 0 Å². The Morgan fingerprint density at radius 3 is 2.33 bits per heavy atom. The summed E-state index contributed by atoms with van der Waals surface area (Å²) in [5.74, 6) is 0.130. The second kappa shape index (κ2) is 5.16. The number of rotatable bonds is 3. The molecule has 1 aromatic rings. The Balaban J connectivity index is 2.71. The monoisotopic (exact) mass is 271 g/mol. The van der Waals surface area contributed by atoms with Gasteiger partial charge in [-0.15, -0.1) is 0 Å². The van der Waals surface area contributed by atoms with E-state index in [-0.39, 0.29) is 12.0 Å². The molecular formula is C11H14BrNO2. The number of carbonyl (C=O) groups excluding carboxylic acids is 1. The molecule has 82 valence electrons. The molecule has 1 rings (SSSR count). The second-order valence-corrected chi connectivity index (χ2v) is 4.40. The summed E-state index contributed by atoms with van der Waals surface area (Å²) in [7, 11) is 0. The highest BCUT2D eigenvalue weighted by molar-refractivity contribution is 9.10. The highest BCUT2D eigenvalue weighted by atomic mass is 79.9. The second-order valence-electron chi connectivity index (χ2n) is 3.48. The molecular weight excluding hydrogens is 258 g/mol. The van der Waals surface area contributed by atoms with Crippen molar-refractivity contribution in [1.29, 1.82) is 0 Å². The molecule has 0 radical (unpaired) electrons. The van der Waals surface area contributed by atoms with Crippen LogP contribution in [0.4, 0.5) is 4.79 Å². The van der Waals surface area contributed by atoms with Crippen LogP contribution in [0.15, 0.2) is 28.7 Å². The summed E-state index contributed by atoms with van der Waals surface area (Å²) >= 11 is 3.37. The number of amides is 1. The van der Waals surface area contributed by atoms with Crippen LogP contribution in [0.25, 0.3) is 0 Å². The molecule has 4 heteroatoms. The standard InChI is InChI=1S/C11H14BrNO2/c1-7(8(2)15-11(13)14)9-3-5-10(12)6-4-9/h3-8H,1-2H3,(H2,13,14). The summed E-state index contributed by atoms with van der Waals surface area (Å²) in [6.45, 7) is 3.83. The van der Waals surface area contributed by atoms with Crippen molar-refractivity contribution in [3.8, 4) is 0 Å². The molecule has 0 spiro atoms. The summed E-state index contributed by atoms with van der Waals surface area (Å²) in [6, 6.07) is 7.91. The molecule has 3 nitrogen and oxygen atoms in total. The Morgan fingerprint density at radius 1 is 1.33 bits per heavy atom. The van der Waals surface area contributed by atoms with Crippen molar-refractivity contribution in [3.05, 3.63) is 34.3 Å². The van der Waals surface area contributed by atoms with Gasteiger partial charge in [0.05, 0.1) is 0 Å². The van der Waals surface area contributed by atoms with E-state index in [1.54, 1.807) is 0 Å². The first kappa shape index (κ1) is 12.0. The van der Waals surface area contributed by atoms with Gasteiger partial charge in [-0.05, 0) is 24.6 Å². The van der Waals surface area contributed by atoms with Crippen LogP contribution < -0.4 is 5.73 Å². The maximum atomic E-state index is 10.6. The van der Waals surface area contributed by atoms with E-state index in [1.807, 2.05) is 38.1 Å². The molecule has 1 amide bonds. The summed E-state index contributed by atoms with van der Waals surface area (Å²) in [5, 5.41) is 0. The van der Waals surface area contributed by atoms with Crippen molar-refractivity contribution in [2.24, 2.45) is 5.73 Å². The summed E-state index contributed by atoms with van der Waals surface area (Å²) in [5.41, 5.74) is 6.08. The predicted molar refractivity (Wildman–Crippen MR) is 62.7 cm³/mol. The predicted octanol–water partition coefficient (Wildman–Crippen LogP) is 3.04. The van der Waals surface area contributed by atoms with Crippen LogP contribution in [0.5, 0.6) is 0 Å². The number of hydrogen-bond acceptors (Lipinski definition) is 2. The van der Waals surface area contributed by atoms with Gasteiger partial charge in [-0.25, -0.2) is 4.79 Å². The first-order valence-electron chi connectivity index (χ1n) is 4.72. The third-order valence-electron chi connectivity index (χ3n) is 2.40. The first-order valence-corrected chi connectivity index (χ1v) is 5.51. The fourth-order valence-corrected chi connectivity index (χ4v) is 1.59. The van der Waals surface area contributed by atoms with Gasteiger partial charge in [-0.3, -0.25) is 0 Å². The minimum absolute atomic E-state index is 0.130. The largest absolute Gasteiger partial charge is 0.446 e. The zero-order chi connectivity index (χ0) is 11.4. The molecule has 2 N–H and O–H groups in total. The lowest BCUT2D eigenvalue weighted by molar-refractivity contribution is 0.103. The Labute approximate surface area is 97.7 Å². The van der Waals surface area contributed by atoms with Gasteiger partial charge in [0.1, 0.15) is 6.10 Å². The molecule has 0 saturated heterocycles. The van der Waals surface area contributed by atoms with Gasteiger partial charge in [0.25, 0.3) is 0 Å². The van der Waals surface area contributed by atoms with E-state index in [4.69, 9.17) is 10.5 Å². The molecule has 1 aromatic carbocycles. The molecule has 0 bridgehead atoms. The van der Waals surface area contributed by atoms with Gasteiger partial charge in [-0.1, -0.05) is 35.0 Å². The van der Waals surface area contributed by atoms with E-state index in [0.29, 0.717) is 0 Å². The molecule has 0 heterocycles. The highest BCUT2D eigenvalue weighted by Crippen LogP contribution is 2.22. The van der Waals surface area contributed by atoms with E-state index < -0.39 is 6.09 Å². The van der Waals surface area contributed by atoms with E-state index in [1.165, 1.54) is 0 Å². The van der Waals surface area contributed by atoms with Crippen LogP contribution in [0, 0.1) is 0 Å². The van der Waals surface area contributed by atoms with Crippen LogP contribution in [0.1, 0.15) is 25.3 Å². The Hall–Kier alpha value is -1.03. The van der Waals surface area contributed by atoms with E-state index in [9.17, 15) is 4.79 Å². The smallest absolute Gasteiger partial charge is 0.404 e. The third-order valence-corrected chi connectivity index (χ3v) is 2.93. The molecule has 2 atom stereocenters. The molecule has 0 saturated carbocycles. The fraction of sp³-hybridized carbons (Fsp3) is 0.364. The van der Waals surface area contributed by atoms with Gasteiger partial charge in [0.2, 0.25) is 0 Å². The summed E-state index contributed by atoms with van der Waals surface area (Å²) in [4.78, 5) is 10.6. The third kappa shape index (κ3) is 3.55. The number of primary amides is 1. The van der Waals surface area contributed by atoms with Crippen LogP contribution in [-0.4, -0.2) is 12.2 Å². The van der Waals surface area contributed by atoms with Crippen molar-refractivity contribution in [2.75, 3.05) is 0 Å². The lowest BCUT2D eigenvalue weighted by atomic mass is 9.96. The van der Waals surface area contributed by atoms with E-state index >= 15 is 0 Å². The Bertz CT molecular complexity index is 337. The highest BCUT2D eigenvalue weighted by Gasteiger charge is 2.16. The van der Waals surface area contributed by atoms with E-state index in [2.05, 4.69) is 15.9 Å². The molecule has 15 heavy (non-hydrogen) atoms. The maximum Gasteiger partial charge on any atom is 0.404 e. The zero-order valence-electron chi connectivity index (χ0n) is 8.74. The number of benzene rings is 1. The topological polar surface area (TPSA) is 52.3 Å². The van der Waals surface area contributed by atoms with Crippen molar-refractivity contribution < 1.29 is 9.53 Å². The number of ether oxygens (including phenoxy) is 1. The number of halogens is 1. The Morgan fingerprint density at radius 2 is 1.87 bits per heavy atom. The molecule has 0 aliphatic heterocycles. The van der Waals surface area contributed by atoms with Crippen molar-refractivity contribution >= 4 is 22.0 Å². The van der Waals surface area contributed by atoms with E-state index in [0.717, 1.165) is 10.0 Å².